The highest BCUT2D eigenvalue weighted by atomic mass is 16.6. The van der Waals surface area contributed by atoms with Gasteiger partial charge in [-0.3, -0.25) is 9.59 Å². The molecule has 0 saturated carbocycles. The van der Waals surface area contributed by atoms with Gasteiger partial charge in [0.05, 0.1) is 25.2 Å². The summed E-state index contributed by atoms with van der Waals surface area (Å²) >= 11 is 0. The van der Waals surface area contributed by atoms with Gasteiger partial charge in [0.2, 0.25) is 0 Å². The predicted octanol–water partition coefficient (Wildman–Crippen LogP) is 4.97. The number of carboxylic acid groups (broad SMARTS) is 1. The molecule has 38 heavy (non-hydrogen) atoms. The summed E-state index contributed by atoms with van der Waals surface area (Å²) in [6, 6.07) is 19.2. The van der Waals surface area contributed by atoms with Gasteiger partial charge in [-0.2, -0.15) is 0 Å². The average molecular weight is 521 g/mol. The van der Waals surface area contributed by atoms with Gasteiger partial charge < -0.3 is 19.1 Å². The number of esters is 2. The number of aliphatic carboxylic acids is 1. The first-order chi connectivity index (χ1) is 18.4. The van der Waals surface area contributed by atoms with E-state index in [1.165, 1.54) is 43.3 Å². The van der Waals surface area contributed by atoms with Gasteiger partial charge in [-0.15, -0.1) is 0 Å². The van der Waals surface area contributed by atoms with Crippen LogP contribution in [0.3, 0.4) is 0 Å². The standard InChI is InChI=1S/C31H37NO6/c33-28(34)15-7-8-16-29(35)38-31(23-11-3-1-4-12-23,24-13-5-2-6-14-24)30(36)37-27-21-25-17-18-26(22-27)32(25)19-9-10-20-32/h1-6,11-14,25-27H,7-10,15-22H2/p+1. The van der Waals surface area contributed by atoms with Crippen LogP contribution in [0, 0.1) is 0 Å². The first-order valence-electron chi connectivity index (χ1n) is 14.1. The van der Waals surface area contributed by atoms with Crippen molar-refractivity contribution in [3.63, 3.8) is 0 Å². The normalized spacial score (nSPS) is 23.7. The van der Waals surface area contributed by atoms with Crippen molar-refractivity contribution < 1.29 is 33.4 Å². The van der Waals surface area contributed by atoms with E-state index >= 15 is 0 Å². The molecule has 1 spiro atoms. The zero-order valence-corrected chi connectivity index (χ0v) is 21.9. The molecule has 7 heteroatoms. The fourth-order valence-electron chi connectivity index (χ4n) is 7.22. The molecule has 0 aromatic heterocycles. The molecule has 0 amide bonds. The van der Waals surface area contributed by atoms with Gasteiger partial charge in [0, 0.05) is 62.5 Å². The molecule has 3 saturated heterocycles. The highest BCUT2D eigenvalue weighted by Crippen LogP contribution is 2.47. The van der Waals surface area contributed by atoms with Crippen molar-refractivity contribution in [2.45, 2.75) is 88.0 Å². The number of piperidine rings is 1. The van der Waals surface area contributed by atoms with Gasteiger partial charge in [0.1, 0.15) is 6.10 Å². The Balaban J connectivity index is 1.41. The molecule has 2 aromatic carbocycles. The third-order valence-electron chi connectivity index (χ3n) is 8.97. The highest BCUT2D eigenvalue weighted by molar-refractivity contribution is 5.89. The minimum absolute atomic E-state index is 0.0121. The van der Waals surface area contributed by atoms with E-state index in [9.17, 15) is 14.4 Å². The molecule has 2 atom stereocenters. The van der Waals surface area contributed by atoms with Crippen LogP contribution in [0.25, 0.3) is 0 Å². The smallest absolute Gasteiger partial charge is 0.360 e. The van der Waals surface area contributed by atoms with E-state index in [1.54, 1.807) is 24.3 Å². The molecular formula is C31H38NO6+. The lowest BCUT2D eigenvalue weighted by molar-refractivity contribution is -0.956. The lowest BCUT2D eigenvalue weighted by atomic mass is 9.85. The number of hydrogen-bond acceptors (Lipinski definition) is 5. The number of quaternary nitrogens is 1. The van der Waals surface area contributed by atoms with Gasteiger partial charge in [-0.05, 0) is 12.8 Å². The van der Waals surface area contributed by atoms with Gasteiger partial charge in [-0.1, -0.05) is 60.7 Å². The van der Waals surface area contributed by atoms with Crippen molar-refractivity contribution in [2.24, 2.45) is 0 Å². The molecule has 0 radical (unpaired) electrons. The Kier molecular flexibility index (Phi) is 7.84. The SMILES string of the molecule is O=C(O)CCCCC(=O)OC(C(=O)OC1CC2CCC(C1)[N+]21CCCC1)(c1ccccc1)c1ccccc1. The van der Waals surface area contributed by atoms with Crippen LogP contribution < -0.4 is 0 Å². The van der Waals surface area contributed by atoms with E-state index in [2.05, 4.69) is 0 Å². The second-order valence-corrected chi connectivity index (χ2v) is 11.1. The second-order valence-electron chi connectivity index (χ2n) is 11.1. The Labute approximate surface area is 224 Å². The molecule has 2 bridgehead atoms. The van der Waals surface area contributed by atoms with Crippen LogP contribution in [-0.4, -0.2) is 58.8 Å². The number of unbranched alkanes of at least 4 members (excludes halogenated alkanes) is 1. The maximum atomic E-state index is 14.3. The monoisotopic (exact) mass is 520 g/mol. The molecule has 7 nitrogen and oxygen atoms in total. The fourth-order valence-corrected chi connectivity index (χ4v) is 7.22. The zero-order valence-electron chi connectivity index (χ0n) is 21.9. The summed E-state index contributed by atoms with van der Waals surface area (Å²) in [5.41, 5.74) is -0.656. The molecule has 2 unspecified atom stereocenters. The Bertz CT molecular complexity index is 1070. The van der Waals surface area contributed by atoms with E-state index in [-0.39, 0.29) is 18.9 Å². The number of hydrogen-bond donors (Lipinski definition) is 1. The summed E-state index contributed by atoms with van der Waals surface area (Å²) in [7, 11) is 0. The maximum absolute atomic E-state index is 14.3. The zero-order chi connectivity index (χ0) is 26.6. The number of carbonyl (C=O) groups excluding carboxylic acids is 2. The summed E-state index contributed by atoms with van der Waals surface area (Å²) in [5, 5.41) is 8.92. The second kappa shape index (κ2) is 11.3. The third-order valence-corrected chi connectivity index (χ3v) is 8.97. The summed E-state index contributed by atoms with van der Waals surface area (Å²) < 4.78 is 13.6. The van der Waals surface area contributed by atoms with Crippen LogP contribution in [0.2, 0.25) is 0 Å². The Morgan fingerprint density at radius 1 is 0.816 bits per heavy atom. The molecule has 0 aliphatic carbocycles. The Morgan fingerprint density at radius 2 is 1.34 bits per heavy atom. The number of carbonyl (C=O) groups is 3. The van der Waals surface area contributed by atoms with Crippen molar-refractivity contribution in [3.8, 4) is 0 Å². The third kappa shape index (κ3) is 5.08. The van der Waals surface area contributed by atoms with Crippen LogP contribution in [0.1, 0.15) is 75.3 Å². The van der Waals surface area contributed by atoms with E-state index < -0.39 is 23.5 Å². The first-order valence-corrected chi connectivity index (χ1v) is 14.1. The fraction of sp³-hybridized carbons (Fsp3) is 0.516. The summed E-state index contributed by atoms with van der Waals surface area (Å²) in [6.45, 7) is 2.49. The summed E-state index contributed by atoms with van der Waals surface area (Å²) in [4.78, 5) is 38.3. The quantitative estimate of drug-likeness (QED) is 0.270. The number of nitrogens with zero attached hydrogens (tertiary/aromatic N) is 1. The van der Waals surface area contributed by atoms with Crippen molar-refractivity contribution in [1.82, 2.24) is 0 Å². The Morgan fingerprint density at radius 3 is 1.87 bits per heavy atom. The molecule has 3 aliphatic rings. The lowest BCUT2D eigenvalue weighted by Gasteiger charge is -2.47. The summed E-state index contributed by atoms with van der Waals surface area (Å²) in [6.07, 6.45) is 7.18. The Hall–Kier alpha value is -3.19. The van der Waals surface area contributed by atoms with Crippen molar-refractivity contribution in [2.75, 3.05) is 13.1 Å². The number of rotatable bonds is 10. The number of ether oxygens (including phenoxy) is 2. The van der Waals surface area contributed by atoms with Crippen molar-refractivity contribution in [1.29, 1.82) is 0 Å². The van der Waals surface area contributed by atoms with Gasteiger partial charge in [0.15, 0.2) is 0 Å². The topological polar surface area (TPSA) is 89.9 Å². The molecular weight excluding hydrogens is 482 g/mol. The number of benzene rings is 2. The molecule has 5 rings (SSSR count). The minimum atomic E-state index is -1.73. The van der Waals surface area contributed by atoms with Gasteiger partial charge >= 0.3 is 17.9 Å². The van der Waals surface area contributed by atoms with Crippen LogP contribution in [0.15, 0.2) is 60.7 Å². The van der Waals surface area contributed by atoms with E-state index in [4.69, 9.17) is 14.6 Å². The molecule has 3 heterocycles. The molecule has 3 aliphatic heterocycles. The minimum Gasteiger partial charge on any atom is -0.481 e. The van der Waals surface area contributed by atoms with Crippen molar-refractivity contribution >= 4 is 17.9 Å². The number of carboxylic acids is 1. The van der Waals surface area contributed by atoms with Gasteiger partial charge in [0.25, 0.3) is 5.60 Å². The highest BCUT2D eigenvalue weighted by Gasteiger charge is 2.57. The first kappa shape index (κ1) is 26.4. The van der Waals surface area contributed by atoms with Crippen LogP contribution in [-0.2, 0) is 29.5 Å². The molecule has 202 valence electrons. The van der Waals surface area contributed by atoms with Crippen LogP contribution in [0.4, 0.5) is 0 Å². The van der Waals surface area contributed by atoms with Crippen molar-refractivity contribution in [3.05, 3.63) is 71.8 Å². The van der Waals surface area contributed by atoms with Crippen LogP contribution in [0.5, 0.6) is 0 Å². The van der Waals surface area contributed by atoms with Crippen LogP contribution >= 0.6 is 0 Å². The predicted molar refractivity (Wildman–Crippen MR) is 141 cm³/mol. The van der Waals surface area contributed by atoms with Gasteiger partial charge in [-0.25, -0.2) is 4.79 Å². The van der Waals surface area contributed by atoms with E-state index in [0.717, 1.165) is 12.8 Å². The van der Waals surface area contributed by atoms with E-state index in [0.29, 0.717) is 36.1 Å². The summed E-state index contributed by atoms with van der Waals surface area (Å²) in [5.74, 6) is -2.01. The maximum Gasteiger partial charge on any atom is 0.360 e. The molecule has 3 fully saturated rings. The lowest BCUT2D eigenvalue weighted by Crippen LogP contribution is -2.60. The molecule has 2 aromatic rings. The largest absolute Gasteiger partial charge is 0.481 e. The average Bonchev–Trinajstić information content (AvgIpc) is 3.47. The molecule has 1 N–H and O–H groups in total. The van der Waals surface area contributed by atoms with E-state index in [1.807, 2.05) is 36.4 Å².